The van der Waals surface area contributed by atoms with Gasteiger partial charge in [0.05, 0.1) is 0 Å². The molecule has 0 bridgehead atoms. The van der Waals surface area contributed by atoms with E-state index in [9.17, 15) is 4.79 Å². The molecule has 1 saturated heterocycles. The summed E-state index contributed by atoms with van der Waals surface area (Å²) in [5, 5.41) is 3.97. The number of nitrogens with one attached hydrogen (secondary N) is 1. The first-order valence-corrected chi connectivity index (χ1v) is 11.9. The van der Waals surface area contributed by atoms with Crippen molar-refractivity contribution in [3.05, 3.63) is 66.0 Å². The van der Waals surface area contributed by atoms with Crippen LogP contribution in [0.15, 0.2) is 64.8 Å². The predicted molar refractivity (Wildman–Crippen MR) is 127 cm³/mol. The van der Waals surface area contributed by atoms with Gasteiger partial charge in [0, 0.05) is 42.8 Å². The fourth-order valence-corrected chi connectivity index (χ4v) is 4.94. The van der Waals surface area contributed by atoms with Crippen LogP contribution in [0.2, 0.25) is 0 Å². The fourth-order valence-electron chi connectivity index (χ4n) is 4.06. The number of piperidine rings is 1. The second-order valence-corrected chi connectivity index (χ2v) is 9.33. The van der Waals surface area contributed by atoms with Gasteiger partial charge in [0.15, 0.2) is 17.3 Å². The molecule has 33 heavy (non-hydrogen) atoms. The molecule has 2 aliphatic heterocycles. The van der Waals surface area contributed by atoms with E-state index in [1.165, 1.54) is 5.56 Å². The van der Waals surface area contributed by atoms with Crippen molar-refractivity contribution in [1.82, 2.24) is 15.3 Å². The molecule has 0 spiro atoms. The van der Waals surface area contributed by atoms with Crippen LogP contribution in [0.3, 0.4) is 0 Å². The van der Waals surface area contributed by atoms with Crippen LogP contribution in [0.25, 0.3) is 0 Å². The molecule has 1 amide bonds. The van der Waals surface area contributed by atoms with Crippen molar-refractivity contribution in [2.24, 2.45) is 5.92 Å². The van der Waals surface area contributed by atoms with Gasteiger partial charge in [0.1, 0.15) is 5.03 Å². The van der Waals surface area contributed by atoms with Gasteiger partial charge in [-0.2, -0.15) is 0 Å². The minimum absolute atomic E-state index is 0.000124. The van der Waals surface area contributed by atoms with Crippen LogP contribution >= 0.6 is 11.8 Å². The number of hydrogen-bond acceptors (Lipinski definition) is 7. The summed E-state index contributed by atoms with van der Waals surface area (Å²) in [7, 11) is 0. The van der Waals surface area contributed by atoms with Crippen molar-refractivity contribution >= 4 is 23.5 Å². The lowest BCUT2D eigenvalue weighted by Crippen LogP contribution is -2.41. The second kappa shape index (κ2) is 9.70. The molecule has 5 rings (SSSR count). The van der Waals surface area contributed by atoms with Crippen LogP contribution in [-0.4, -0.2) is 35.8 Å². The molecule has 0 radical (unpaired) electrons. The zero-order chi connectivity index (χ0) is 22.6. The van der Waals surface area contributed by atoms with Gasteiger partial charge in [-0.25, -0.2) is 9.97 Å². The molecule has 3 heterocycles. The van der Waals surface area contributed by atoms with E-state index < -0.39 is 0 Å². The molecule has 0 atom stereocenters. The Bertz CT molecular complexity index is 1130. The maximum atomic E-state index is 12.8. The number of amides is 1. The summed E-state index contributed by atoms with van der Waals surface area (Å²) >= 11 is 1.62. The minimum Gasteiger partial charge on any atom is -0.454 e. The Balaban J connectivity index is 1.16. The molecule has 2 aromatic carbocycles. The number of rotatable bonds is 6. The number of ether oxygens (including phenoxy) is 2. The number of anilines is 1. The third-order valence-corrected chi connectivity index (χ3v) is 6.94. The monoisotopic (exact) mass is 462 g/mol. The smallest absolute Gasteiger partial charge is 0.231 e. The number of carbonyl (C=O) groups is 1. The molecular formula is C25H26N4O3S. The van der Waals surface area contributed by atoms with Crippen LogP contribution in [-0.2, 0) is 11.3 Å². The molecule has 1 fully saturated rings. The lowest BCUT2D eigenvalue weighted by Gasteiger charge is -2.32. The Morgan fingerprint density at radius 3 is 2.64 bits per heavy atom. The van der Waals surface area contributed by atoms with Gasteiger partial charge < -0.3 is 19.7 Å². The Hall–Kier alpha value is -3.26. The largest absolute Gasteiger partial charge is 0.454 e. The Morgan fingerprint density at radius 1 is 1.06 bits per heavy atom. The van der Waals surface area contributed by atoms with Crippen molar-refractivity contribution in [3.63, 3.8) is 0 Å². The Morgan fingerprint density at radius 2 is 1.82 bits per heavy atom. The Kier molecular flexibility index (Phi) is 6.35. The summed E-state index contributed by atoms with van der Waals surface area (Å²) in [6.07, 6.45) is 5.05. The predicted octanol–water partition coefficient (Wildman–Crippen LogP) is 4.20. The summed E-state index contributed by atoms with van der Waals surface area (Å²) in [6, 6.07) is 14.2. The number of fused-ring (bicyclic) bond motifs is 1. The van der Waals surface area contributed by atoms with Crippen LogP contribution in [0.5, 0.6) is 11.5 Å². The molecule has 0 unspecified atom stereocenters. The van der Waals surface area contributed by atoms with E-state index in [0.717, 1.165) is 58.7 Å². The Labute approximate surface area is 197 Å². The van der Waals surface area contributed by atoms with E-state index in [2.05, 4.69) is 51.4 Å². The van der Waals surface area contributed by atoms with E-state index in [-0.39, 0.29) is 18.6 Å². The molecule has 0 aliphatic carbocycles. The summed E-state index contributed by atoms with van der Waals surface area (Å²) in [4.78, 5) is 25.3. The van der Waals surface area contributed by atoms with Crippen molar-refractivity contribution in [1.29, 1.82) is 0 Å². The number of hydrogen-bond donors (Lipinski definition) is 1. The molecule has 1 N–H and O–H groups in total. The molecule has 2 aliphatic rings. The zero-order valence-corrected chi connectivity index (χ0v) is 19.3. The van der Waals surface area contributed by atoms with Crippen molar-refractivity contribution in [2.75, 3.05) is 24.8 Å². The third kappa shape index (κ3) is 5.06. The first-order valence-electron chi connectivity index (χ1n) is 11.1. The van der Waals surface area contributed by atoms with Gasteiger partial charge in [-0.3, -0.25) is 4.79 Å². The highest BCUT2D eigenvalue weighted by atomic mass is 32.2. The topological polar surface area (TPSA) is 76.6 Å². The van der Waals surface area contributed by atoms with Crippen molar-refractivity contribution in [3.8, 4) is 11.5 Å². The normalized spacial score (nSPS) is 15.5. The van der Waals surface area contributed by atoms with E-state index >= 15 is 0 Å². The first-order chi connectivity index (χ1) is 16.2. The van der Waals surface area contributed by atoms with Crippen LogP contribution in [0.1, 0.15) is 24.0 Å². The molecule has 3 aromatic rings. The molecule has 7 nitrogen and oxygen atoms in total. The molecular weight excluding hydrogens is 436 g/mol. The van der Waals surface area contributed by atoms with Gasteiger partial charge in [0.25, 0.3) is 0 Å². The first kappa shape index (κ1) is 21.6. The van der Waals surface area contributed by atoms with E-state index in [1.807, 2.05) is 18.2 Å². The van der Waals surface area contributed by atoms with Gasteiger partial charge in [-0.1, -0.05) is 35.5 Å². The summed E-state index contributed by atoms with van der Waals surface area (Å²) in [6.45, 7) is 4.38. The second-order valence-electron chi connectivity index (χ2n) is 8.27. The lowest BCUT2D eigenvalue weighted by atomic mass is 9.96. The standard InChI is InChI=1S/C25H26N4O3S/c1-17-2-5-20(6-3-17)33-25-23(26-10-11-27-25)29-12-8-19(9-13-29)24(30)28-15-18-4-7-21-22(14-18)32-16-31-21/h2-7,10-11,14,19H,8-9,12-13,15-16H2,1H3,(H,28,30). The highest BCUT2D eigenvalue weighted by Crippen LogP contribution is 2.34. The van der Waals surface area contributed by atoms with Crippen LogP contribution < -0.4 is 19.7 Å². The quantitative estimate of drug-likeness (QED) is 0.588. The lowest BCUT2D eigenvalue weighted by molar-refractivity contribution is -0.125. The van der Waals surface area contributed by atoms with Gasteiger partial charge in [-0.05, 0) is 49.6 Å². The van der Waals surface area contributed by atoms with Crippen LogP contribution in [0.4, 0.5) is 5.82 Å². The molecule has 1 aromatic heterocycles. The number of carbonyl (C=O) groups excluding carboxylic acids is 1. The van der Waals surface area contributed by atoms with Gasteiger partial charge in [0.2, 0.25) is 12.7 Å². The summed E-state index contributed by atoms with van der Waals surface area (Å²) < 4.78 is 10.8. The highest BCUT2D eigenvalue weighted by molar-refractivity contribution is 7.99. The number of aromatic nitrogens is 2. The number of nitrogens with zero attached hydrogens (tertiary/aromatic N) is 3. The molecule has 0 saturated carbocycles. The molecule has 170 valence electrons. The van der Waals surface area contributed by atoms with Gasteiger partial charge in [-0.15, -0.1) is 0 Å². The fraction of sp³-hybridized carbons (Fsp3) is 0.320. The van der Waals surface area contributed by atoms with Crippen molar-refractivity contribution < 1.29 is 14.3 Å². The number of aryl methyl sites for hydroxylation is 1. The van der Waals surface area contributed by atoms with Crippen LogP contribution in [0, 0.1) is 12.8 Å². The summed E-state index contributed by atoms with van der Waals surface area (Å²) in [5.41, 5.74) is 2.24. The van der Waals surface area contributed by atoms with Gasteiger partial charge >= 0.3 is 0 Å². The molecule has 8 heteroatoms. The van der Waals surface area contributed by atoms with Crippen molar-refractivity contribution in [2.45, 2.75) is 36.2 Å². The van der Waals surface area contributed by atoms with E-state index in [4.69, 9.17) is 9.47 Å². The van der Waals surface area contributed by atoms with E-state index in [1.54, 1.807) is 24.2 Å². The summed E-state index contributed by atoms with van der Waals surface area (Å²) in [5.74, 6) is 2.47. The zero-order valence-electron chi connectivity index (χ0n) is 18.5. The maximum Gasteiger partial charge on any atom is 0.231 e. The van der Waals surface area contributed by atoms with E-state index in [0.29, 0.717) is 6.54 Å². The SMILES string of the molecule is Cc1ccc(Sc2nccnc2N2CCC(C(=O)NCc3ccc4c(c3)OCO4)CC2)cc1. The average Bonchev–Trinajstić information content (AvgIpc) is 3.32. The highest BCUT2D eigenvalue weighted by Gasteiger charge is 2.27. The minimum atomic E-state index is 0.000124. The average molecular weight is 463 g/mol. The third-order valence-electron chi connectivity index (χ3n) is 5.95. The maximum absolute atomic E-state index is 12.8. The number of benzene rings is 2.